The second kappa shape index (κ2) is 3.93. The van der Waals surface area contributed by atoms with Crippen LogP contribution in [0.4, 0.5) is 0 Å². The molecule has 0 aliphatic heterocycles. The molecule has 0 heterocycles. The first kappa shape index (κ1) is 10.3. The molecule has 1 rings (SSSR count). The first-order chi connectivity index (χ1) is 7.19. The van der Waals surface area contributed by atoms with Gasteiger partial charge in [-0.3, -0.25) is 0 Å². The van der Waals surface area contributed by atoms with Crippen molar-refractivity contribution < 1.29 is 0 Å². The first-order valence-corrected chi connectivity index (χ1v) is 3.97. The van der Waals surface area contributed by atoms with Crippen molar-refractivity contribution in [2.75, 3.05) is 0 Å². The number of benzene rings is 1. The minimum absolute atomic E-state index is 0.130. The zero-order valence-corrected chi connectivity index (χ0v) is 7.87. The van der Waals surface area contributed by atoms with Crippen LogP contribution in [0.25, 0.3) is 0 Å². The van der Waals surface area contributed by atoms with E-state index in [0.29, 0.717) is 5.56 Å². The maximum Gasteiger partial charge on any atom is 0.101 e. The van der Waals surface area contributed by atoms with Crippen molar-refractivity contribution in [2.24, 2.45) is 0 Å². The molecule has 0 unspecified atom stereocenters. The Morgan fingerprint density at radius 1 is 0.800 bits per heavy atom. The number of nitriles is 4. The molecule has 0 bridgehead atoms. The van der Waals surface area contributed by atoms with Crippen LogP contribution in [0.5, 0.6) is 0 Å². The Bertz CT molecular complexity index is 535. The standard InChI is InChI=1S/C11H4N4/c1-7-10(5-14)8(3-12)2-9(4-13)11(7)6-15/h2H,1H3. The molecule has 68 valence electrons. The van der Waals surface area contributed by atoms with Crippen molar-refractivity contribution >= 4 is 0 Å². The Morgan fingerprint density at radius 2 is 1.20 bits per heavy atom. The summed E-state index contributed by atoms with van der Waals surface area (Å²) in [6.45, 7) is 1.55. The summed E-state index contributed by atoms with van der Waals surface area (Å²) >= 11 is 0. The van der Waals surface area contributed by atoms with Crippen LogP contribution >= 0.6 is 0 Å². The number of hydrogen-bond donors (Lipinski definition) is 0. The van der Waals surface area contributed by atoms with E-state index in [4.69, 9.17) is 21.0 Å². The van der Waals surface area contributed by atoms with Crippen molar-refractivity contribution in [1.82, 2.24) is 0 Å². The van der Waals surface area contributed by atoms with Gasteiger partial charge in [-0.05, 0) is 18.6 Å². The molecule has 0 aliphatic carbocycles. The predicted molar refractivity (Wildman–Crippen MR) is 50.0 cm³/mol. The summed E-state index contributed by atoms with van der Waals surface area (Å²) < 4.78 is 0. The molecule has 0 fully saturated rings. The Kier molecular flexibility index (Phi) is 2.69. The van der Waals surface area contributed by atoms with E-state index in [0.717, 1.165) is 0 Å². The minimum Gasteiger partial charge on any atom is -0.192 e. The molecule has 0 radical (unpaired) electrons. The zero-order valence-electron chi connectivity index (χ0n) is 7.87. The number of rotatable bonds is 0. The molecule has 0 amide bonds. The lowest BCUT2D eigenvalue weighted by molar-refractivity contribution is 1.30. The second-order valence-electron chi connectivity index (χ2n) is 2.79. The summed E-state index contributed by atoms with van der Waals surface area (Å²) in [7, 11) is 0. The summed E-state index contributed by atoms with van der Waals surface area (Å²) in [5.41, 5.74) is 0.966. The van der Waals surface area contributed by atoms with E-state index in [-0.39, 0.29) is 22.3 Å². The molecule has 4 heteroatoms. The quantitative estimate of drug-likeness (QED) is 0.621. The van der Waals surface area contributed by atoms with Crippen LogP contribution in [0.15, 0.2) is 6.07 Å². The van der Waals surface area contributed by atoms with Crippen LogP contribution in [0.1, 0.15) is 27.8 Å². The fraction of sp³-hybridized carbons (Fsp3) is 0.0909. The highest BCUT2D eigenvalue weighted by atomic mass is 14.3. The van der Waals surface area contributed by atoms with Gasteiger partial charge in [0.15, 0.2) is 0 Å². The average Bonchev–Trinajstić information content (AvgIpc) is 2.27. The smallest absolute Gasteiger partial charge is 0.101 e. The van der Waals surface area contributed by atoms with Crippen LogP contribution in [0.2, 0.25) is 0 Å². The molecule has 0 saturated carbocycles. The molecular weight excluding hydrogens is 188 g/mol. The van der Waals surface area contributed by atoms with Gasteiger partial charge in [-0.1, -0.05) is 0 Å². The van der Waals surface area contributed by atoms with Gasteiger partial charge in [0.1, 0.15) is 24.3 Å². The van der Waals surface area contributed by atoms with Gasteiger partial charge in [0.25, 0.3) is 0 Å². The monoisotopic (exact) mass is 192 g/mol. The lowest BCUT2D eigenvalue weighted by Crippen LogP contribution is -1.97. The van der Waals surface area contributed by atoms with Crippen molar-refractivity contribution in [1.29, 1.82) is 21.0 Å². The van der Waals surface area contributed by atoms with Gasteiger partial charge in [0.05, 0.1) is 22.3 Å². The molecule has 4 nitrogen and oxygen atoms in total. The van der Waals surface area contributed by atoms with Crippen LogP contribution in [-0.4, -0.2) is 0 Å². The van der Waals surface area contributed by atoms with Crippen molar-refractivity contribution in [3.63, 3.8) is 0 Å². The SMILES string of the molecule is Cc1c(C#N)c(C#N)cc(C#N)c1C#N. The highest BCUT2D eigenvalue weighted by molar-refractivity contribution is 5.62. The third-order valence-electron chi connectivity index (χ3n) is 2.04. The van der Waals surface area contributed by atoms with Gasteiger partial charge in [0.2, 0.25) is 0 Å². The molecule has 0 atom stereocenters. The van der Waals surface area contributed by atoms with Gasteiger partial charge in [-0.25, -0.2) is 0 Å². The topological polar surface area (TPSA) is 95.2 Å². The lowest BCUT2D eigenvalue weighted by atomic mass is 9.94. The Hall–Kier alpha value is -2.82. The van der Waals surface area contributed by atoms with Gasteiger partial charge in [-0.2, -0.15) is 21.0 Å². The molecule has 1 aromatic carbocycles. The average molecular weight is 192 g/mol. The van der Waals surface area contributed by atoms with Gasteiger partial charge >= 0.3 is 0 Å². The second-order valence-corrected chi connectivity index (χ2v) is 2.79. The van der Waals surface area contributed by atoms with Gasteiger partial charge < -0.3 is 0 Å². The summed E-state index contributed by atoms with van der Waals surface area (Å²) in [5.74, 6) is 0. The third kappa shape index (κ3) is 1.49. The van der Waals surface area contributed by atoms with E-state index in [2.05, 4.69) is 0 Å². The van der Waals surface area contributed by atoms with Crippen LogP contribution in [0.3, 0.4) is 0 Å². The first-order valence-electron chi connectivity index (χ1n) is 3.97. The van der Waals surface area contributed by atoms with E-state index in [1.807, 2.05) is 24.3 Å². The molecule has 1 aromatic rings. The molecule has 0 spiro atoms. The Balaban J connectivity index is 3.80. The molecule has 0 aliphatic rings. The summed E-state index contributed by atoms with van der Waals surface area (Å²) in [5, 5.41) is 35.2. The molecule has 0 aromatic heterocycles. The molecule has 15 heavy (non-hydrogen) atoms. The molecular formula is C11H4N4. The Labute approximate surface area is 86.8 Å². The van der Waals surface area contributed by atoms with E-state index in [1.54, 1.807) is 6.92 Å². The maximum absolute atomic E-state index is 8.82. The van der Waals surface area contributed by atoms with Crippen LogP contribution in [-0.2, 0) is 0 Å². The van der Waals surface area contributed by atoms with Crippen LogP contribution < -0.4 is 0 Å². The predicted octanol–water partition coefficient (Wildman–Crippen LogP) is 1.48. The largest absolute Gasteiger partial charge is 0.192 e. The van der Waals surface area contributed by atoms with Crippen molar-refractivity contribution in [3.05, 3.63) is 33.9 Å². The fourth-order valence-electron chi connectivity index (χ4n) is 1.28. The summed E-state index contributed by atoms with van der Waals surface area (Å²) in [6, 6.07) is 8.64. The van der Waals surface area contributed by atoms with Crippen LogP contribution in [0, 0.1) is 52.2 Å². The van der Waals surface area contributed by atoms with E-state index in [9.17, 15) is 0 Å². The maximum atomic E-state index is 8.82. The molecule has 0 N–H and O–H groups in total. The van der Waals surface area contributed by atoms with E-state index >= 15 is 0 Å². The summed E-state index contributed by atoms with van der Waals surface area (Å²) in [4.78, 5) is 0. The Morgan fingerprint density at radius 3 is 1.47 bits per heavy atom. The lowest BCUT2D eigenvalue weighted by Gasteiger charge is -2.03. The van der Waals surface area contributed by atoms with Crippen molar-refractivity contribution in [3.8, 4) is 24.3 Å². The van der Waals surface area contributed by atoms with E-state index in [1.165, 1.54) is 6.07 Å². The van der Waals surface area contributed by atoms with E-state index < -0.39 is 0 Å². The minimum atomic E-state index is 0.130. The highest BCUT2D eigenvalue weighted by Gasteiger charge is 2.14. The van der Waals surface area contributed by atoms with Gasteiger partial charge in [-0.15, -0.1) is 0 Å². The zero-order chi connectivity index (χ0) is 11.4. The fourth-order valence-corrected chi connectivity index (χ4v) is 1.28. The number of hydrogen-bond acceptors (Lipinski definition) is 4. The van der Waals surface area contributed by atoms with Gasteiger partial charge in [0, 0.05) is 0 Å². The third-order valence-corrected chi connectivity index (χ3v) is 2.04. The highest BCUT2D eigenvalue weighted by Crippen LogP contribution is 2.20. The normalized spacial score (nSPS) is 8.07. The molecule has 0 saturated heterocycles. The number of nitrogens with zero attached hydrogens (tertiary/aromatic N) is 4. The van der Waals surface area contributed by atoms with Crippen molar-refractivity contribution in [2.45, 2.75) is 6.92 Å². The summed E-state index contributed by atoms with van der Waals surface area (Å²) in [6.07, 6.45) is 0.